The number of carbonyl (C=O) groups excluding carboxylic acids is 1. The minimum Gasteiger partial charge on any atom is -0.399 e. The molecule has 3 rings (SSSR count). The number of nitrogens with two attached hydrogens (primary N) is 1. The Balaban J connectivity index is 2.05. The predicted molar refractivity (Wildman–Crippen MR) is 82.3 cm³/mol. The van der Waals surface area contributed by atoms with Gasteiger partial charge in [0.25, 0.3) is 0 Å². The Morgan fingerprint density at radius 3 is 2.37 bits per heavy atom. The van der Waals surface area contributed by atoms with Gasteiger partial charge in [0.1, 0.15) is 0 Å². The SMILES string of the molecule is CC(=O)Nc1ccc2c(c1)SSc1cc(N)ccc1-2. The first-order valence-corrected chi connectivity index (χ1v) is 7.94. The van der Waals surface area contributed by atoms with Crippen LogP contribution in [-0.2, 0) is 4.79 Å². The summed E-state index contributed by atoms with van der Waals surface area (Å²) in [6, 6.07) is 11.9. The molecule has 2 aromatic carbocycles. The molecule has 0 unspecified atom stereocenters. The number of nitrogens with one attached hydrogen (secondary N) is 1. The maximum Gasteiger partial charge on any atom is 0.221 e. The molecule has 0 saturated heterocycles. The number of amides is 1. The number of benzene rings is 2. The summed E-state index contributed by atoms with van der Waals surface area (Å²) in [6.07, 6.45) is 0. The monoisotopic (exact) mass is 288 g/mol. The summed E-state index contributed by atoms with van der Waals surface area (Å²) in [4.78, 5) is 13.4. The second-order valence-electron chi connectivity index (χ2n) is 4.31. The van der Waals surface area contributed by atoms with E-state index in [4.69, 9.17) is 5.73 Å². The molecular formula is C14H12N2OS2. The highest BCUT2D eigenvalue weighted by Gasteiger charge is 2.18. The number of hydrogen-bond acceptors (Lipinski definition) is 4. The molecule has 2 aromatic rings. The molecule has 5 heteroatoms. The van der Waals surface area contributed by atoms with Crippen LogP contribution in [0.25, 0.3) is 11.1 Å². The fourth-order valence-corrected chi connectivity index (χ4v) is 4.46. The fraction of sp³-hybridized carbons (Fsp3) is 0.0714. The van der Waals surface area contributed by atoms with E-state index in [-0.39, 0.29) is 5.91 Å². The van der Waals surface area contributed by atoms with Crippen molar-refractivity contribution in [2.24, 2.45) is 0 Å². The van der Waals surface area contributed by atoms with Gasteiger partial charge in [-0.05, 0) is 35.4 Å². The van der Waals surface area contributed by atoms with E-state index in [0.29, 0.717) is 0 Å². The molecule has 0 radical (unpaired) electrons. The minimum atomic E-state index is -0.0541. The van der Waals surface area contributed by atoms with E-state index in [9.17, 15) is 4.79 Å². The lowest BCUT2D eigenvalue weighted by Gasteiger charge is -2.19. The largest absolute Gasteiger partial charge is 0.399 e. The van der Waals surface area contributed by atoms with Crippen LogP contribution in [0.15, 0.2) is 46.2 Å². The molecule has 96 valence electrons. The molecule has 0 spiro atoms. The Hall–Kier alpha value is -1.59. The second kappa shape index (κ2) is 4.83. The molecule has 1 amide bonds. The van der Waals surface area contributed by atoms with Crippen LogP contribution in [0.1, 0.15) is 6.92 Å². The zero-order valence-corrected chi connectivity index (χ0v) is 11.9. The minimum absolute atomic E-state index is 0.0541. The molecule has 0 atom stereocenters. The average Bonchev–Trinajstić information content (AvgIpc) is 2.37. The number of nitrogen functional groups attached to an aromatic ring is 1. The van der Waals surface area contributed by atoms with Gasteiger partial charge in [-0.3, -0.25) is 4.79 Å². The van der Waals surface area contributed by atoms with Crippen LogP contribution in [0.5, 0.6) is 0 Å². The first-order chi connectivity index (χ1) is 9.13. The van der Waals surface area contributed by atoms with Crippen LogP contribution >= 0.6 is 21.6 Å². The number of anilines is 2. The lowest BCUT2D eigenvalue weighted by Crippen LogP contribution is -2.05. The number of carbonyl (C=O) groups is 1. The van der Waals surface area contributed by atoms with E-state index in [1.54, 1.807) is 21.6 Å². The Bertz CT molecular complexity index is 670. The molecule has 0 aliphatic carbocycles. The number of rotatable bonds is 1. The first-order valence-electron chi connectivity index (χ1n) is 5.79. The molecule has 3 N–H and O–H groups in total. The van der Waals surface area contributed by atoms with Gasteiger partial charge in [0.15, 0.2) is 0 Å². The van der Waals surface area contributed by atoms with Gasteiger partial charge in [0, 0.05) is 28.1 Å². The van der Waals surface area contributed by atoms with Gasteiger partial charge < -0.3 is 11.1 Å². The summed E-state index contributed by atoms with van der Waals surface area (Å²) in [6.45, 7) is 1.51. The van der Waals surface area contributed by atoms with Crippen LogP contribution in [0.3, 0.4) is 0 Å². The summed E-state index contributed by atoms with van der Waals surface area (Å²) in [5, 5.41) is 2.81. The standard InChI is InChI=1S/C14H12N2OS2/c1-8(17)16-10-3-5-12-11-4-2-9(15)6-13(11)18-19-14(12)7-10/h2-7H,15H2,1H3,(H,16,17). The van der Waals surface area contributed by atoms with Gasteiger partial charge in [0.2, 0.25) is 5.91 Å². The van der Waals surface area contributed by atoms with Crippen molar-refractivity contribution in [3.05, 3.63) is 36.4 Å². The van der Waals surface area contributed by atoms with Crippen molar-refractivity contribution in [1.82, 2.24) is 0 Å². The lowest BCUT2D eigenvalue weighted by atomic mass is 10.0. The molecule has 0 bridgehead atoms. The maximum atomic E-state index is 11.1. The van der Waals surface area contributed by atoms with Crippen LogP contribution in [0, 0.1) is 0 Å². The van der Waals surface area contributed by atoms with E-state index in [0.717, 1.165) is 16.3 Å². The summed E-state index contributed by atoms with van der Waals surface area (Å²) < 4.78 is 0. The van der Waals surface area contributed by atoms with Crippen molar-refractivity contribution in [2.75, 3.05) is 11.1 Å². The second-order valence-corrected chi connectivity index (χ2v) is 6.53. The summed E-state index contributed by atoms with van der Waals surface area (Å²) in [7, 11) is 3.39. The zero-order valence-electron chi connectivity index (χ0n) is 10.3. The Morgan fingerprint density at radius 1 is 1.05 bits per heavy atom. The molecule has 19 heavy (non-hydrogen) atoms. The van der Waals surface area contributed by atoms with Crippen molar-refractivity contribution in [3.8, 4) is 11.1 Å². The summed E-state index contributed by atoms with van der Waals surface area (Å²) in [5.74, 6) is -0.0541. The van der Waals surface area contributed by atoms with E-state index >= 15 is 0 Å². The molecule has 0 fully saturated rings. The number of fused-ring (bicyclic) bond motifs is 3. The summed E-state index contributed by atoms with van der Waals surface area (Å²) >= 11 is 0. The normalized spacial score (nSPS) is 12.5. The fourth-order valence-electron chi connectivity index (χ4n) is 2.01. The number of hydrogen-bond donors (Lipinski definition) is 2. The van der Waals surface area contributed by atoms with Crippen molar-refractivity contribution >= 4 is 38.9 Å². The van der Waals surface area contributed by atoms with Crippen LogP contribution < -0.4 is 11.1 Å². The Labute approximate surface area is 119 Å². The van der Waals surface area contributed by atoms with Crippen molar-refractivity contribution in [1.29, 1.82) is 0 Å². The lowest BCUT2D eigenvalue weighted by molar-refractivity contribution is -0.114. The average molecular weight is 288 g/mol. The molecule has 0 aromatic heterocycles. The molecule has 1 aliphatic rings. The van der Waals surface area contributed by atoms with Gasteiger partial charge in [0.05, 0.1) is 0 Å². The third-order valence-electron chi connectivity index (χ3n) is 2.82. The zero-order chi connectivity index (χ0) is 13.4. The van der Waals surface area contributed by atoms with Gasteiger partial charge in [-0.2, -0.15) is 0 Å². The first kappa shape index (κ1) is 12.4. The van der Waals surface area contributed by atoms with Crippen LogP contribution in [0.2, 0.25) is 0 Å². The molecule has 1 heterocycles. The highest BCUT2D eigenvalue weighted by Crippen LogP contribution is 2.51. The Morgan fingerprint density at radius 2 is 1.68 bits per heavy atom. The Kier molecular flexibility index (Phi) is 3.16. The third kappa shape index (κ3) is 2.43. The third-order valence-corrected chi connectivity index (χ3v) is 5.26. The van der Waals surface area contributed by atoms with Crippen LogP contribution in [-0.4, -0.2) is 5.91 Å². The van der Waals surface area contributed by atoms with Gasteiger partial charge >= 0.3 is 0 Å². The highest BCUT2D eigenvalue weighted by atomic mass is 33.1. The predicted octanol–water partition coefficient (Wildman–Crippen LogP) is 4.01. The van der Waals surface area contributed by atoms with E-state index in [1.165, 1.54) is 22.9 Å². The van der Waals surface area contributed by atoms with Crippen molar-refractivity contribution in [2.45, 2.75) is 16.7 Å². The van der Waals surface area contributed by atoms with E-state index in [2.05, 4.69) is 5.32 Å². The molecule has 0 saturated carbocycles. The van der Waals surface area contributed by atoms with Crippen LogP contribution in [0.4, 0.5) is 11.4 Å². The topological polar surface area (TPSA) is 55.1 Å². The van der Waals surface area contributed by atoms with Gasteiger partial charge in [-0.1, -0.05) is 33.7 Å². The molecular weight excluding hydrogens is 276 g/mol. The molecule has 1 aliphatic heterocycles. The maximum absolute atomic E-state index is 11.1. The van der Waals surface area contributed by atoms with Gasteiger partial charge in [-0.15, -0.1) is 0 Å². The highest BCUT2D eigenvalue weighted by molar-refractivity contribution is 8.76. The van der Waals surface area contributed by atoms with E-state index in [1.807, 2.05) is 36.4 Å². The van der Waals surface area contributed by atoms with E-state index < -0.39 is 0 Å². The van der Waals surface area contributed by atoms with Crippen molar-refractivity contribution in [3.63, 3.8) is 0 Å². The van der Waals surface area contributed by atoms with Crippen molar-refractivity contribution < 1.29 is 4.79 Å². The summed E-state index contributed by atoms with van der Waals surface area (Å²) in [5.41, 5.74) is 9.81. The van der Waals surface area contributed by atoms with Gasteiger partial charge in [-0.25, -0.2) is 0 Å². The molecule has 3 nitrogen and oxygen atoms in total. The smallest absolute Gasteiger partial charge is 0.221 e. The quantitative estimate of drug-likeness (QED) is 0.615.